The molecule has 0 aromatic heterocycles. The number of nitrogens with zero attached hydrogens (tertiary/aromatic N) is 1. The number of hydrogen-bond acceptors (Lipinski definition) is 2. The minimum Gasteiger partial charge on any atom is -0.508 e. The van der Waals surface area contributed by atoms with E-state index < -0.39 is 0 Å². The lowest BCUT2D eigenvalue weighted by atomic mass is 9.95. The van der Waals surface area contributed by atoms with E-state index >= 15 is 0 Å². The smallest absolute Gasteiger partial charge is 0.115 e. The Labute approximate surface area is 110 Å². The molecular weight excluding hydrogens is 222 g/mol. The molecule has 1 N–H and O–H groups in total. The van der Waals surface area contributed by atoms with Crippen LogP contribution >= 0.6 is 0 Å². The van der Waals surface area contributed by atoms with E-state index in [0.717, 1.165) is 26.1 Å². The summed E-state index contributed by atoms with van der Waals surface area (Å²) in [5, 5.41) is 9.62. The van der Waals surface area contributed by atoms with E-state index in [1.165, 1.54) is 16.7 Å². The first-order valence-corrected chi connectivity index (χ1v) is 6.74. The van der Waals surface area contributed by atoms with Crippen molar-refractivity contribution >= 4 is 0 Å². The predicted molar refractivity (Wildman–Crippen MR) is 76.1 cm³/mol. The molecule has 0 bridgehead atoms. The SMILES string of the molecule is CC(C)=CCN1CCc2ccc(O)cc2C(C)C1. The maximum atomic E-state index is 9.62. The summed E-state index contributed by atoms with van der Waals surface area (Å²) in [5.74, 6) is 0.874. The lowest BCUT2D eigenvalue weighted by molar-refractivity contribution is 0.300. The Balaban J connectivity index is 2.14. The molecule has 0 fully saturated rings. The zero-order valence-corrected chi connectivity index (χ0v) is 11.6. The largest absolute Gasteiger partial charge is 0.508 e. The van der Waals surface area contributed by atoms with Crippen LogP contribution in [0.15, 0.2) is 29.8 Å². The van der Waals surface area contributed by atoms with Gasteiger partial charge in [0.2, 0.25) is 0 Å². The van der Waals surface area contributed by atoms with E-state index in [1.807, 2.05) is 6.07 Å². The average Bonchev–Trinajstić information content (AvgIpc) is 2.47. The van der Waals surface area contributed by atoms with E-state index in [1.54, 1.807) is 6.07 Å². The Morgan fingerprint density at radius 3 is 2.94 bits per heavy atom. The topological polar surface area (TPSA) is 23.5 Å². The fraction of sp³-hybridized carbons (Fsp3) is 0.500. The Bertz CT molecular complexity index is 446. The van der Waals surface area contributed by atoms with Gasteiger partial charge in [-0.25, -0.2) is 0 Å². The maximum absolute atomic E-state index is 9.62. The van der Waals surface area contributed by atoms with Crippen molar-refractivity contribution in [1.29, 1.82) is 0 Å². The highest BCUT2D eigenvalue weighted by Crippen LogP contribution is 2.28. The molecule has 0 saturated heterocycles. The van der Waals surface area contributed by atoms with Crippen molar-refractivity contribution in [3.63, 3.8) is 0 Å². The van der Waals surface area contributed by atoms with Crippen molar-refractivity contribution < 1.29 is 5.11 Å². The van der Waals surface area contributed by atoms with E-state index in [9.17, 15) is 5.11 Å². The van der Waals surface area contributed by atoms with Gasteiger partial charge in [0.05, 0.1) is 0 Å². The summed E-state index contributed by atoms with van der Waals surface area (Å²) >= 11 is 0. The number of rotatable bonds is 2. The van der Waals surface area contributed by atoms with E-state index in [-0.39, 0.29) is 0 Å². The number of hydrogen-bond donors (Lipinski definition) is 1. The molecular formula is C16H23NO. The summed E-state index contributed by atoms with van der Waals surface area (Å²) in [6.45, 7) is 9.75. The van der Waals surface area contributed by atoms with Gasteiger partial charge in [-0.05, 0) is 49.4 Å². The molecule has 1 aliphatic heterocycles. The van der Waals surface area contributed by atoms with E-state index in [2.05, 4.69) is 37.8 Å². The molecule has 1 aromatic carbocycles. The third-order valence-electron chi connectivity index (χ3n) is 3.65. The zero-order valence-electron chi connectivity index (χ0n) is 11.6. The Morgan fingerprint density at radius 2 is 2.22 bits per heavy atom. The van der Waals surface area contributed by atoms with Crippen molar-refractivity contribution in [3.8, 4) is 5.75 Å². The molecule has 0 radical (unpaired) electrons. The van der Waals surface area contributed by atoms with Crippen LogP contribution in [0.1, 0.15) is 37.8 Å². The van der Waals surface area contributed by atoms with Crippen LogP contribution in [-0.2, 0) is 6.42 Å². The Hall–Kier alpha value is -1.28. The minimum atomic E-state index is 0.387. The molecule has 0 amide bonds. The van der Waals surface area contributed by atoms with Crippen LogP contribution in [0, 0.1) is 0 Å². The summed E-state index contributed by atoms with van der Waals surface area (Å²) < 4.78 is 0. The first kappa shape index (κ1) is 13.2. The van der Waals surface area contributed by atoms with Crippen LogP contribution in [0.5, 0.6) is 5.75 Å². The van der Waals surface area contributed by atoms with E-state index in [0.29, 0.717) is 11.7 Å². The summed E-state index contributed by atoms with van der Waals surface area (Å²) in [5.41, 5.74) is 4.08. The first-order chi connectivity index (χ1) is 8.56. The third kappa shape index (κ3) is 3.14. The highest BCUT2D eigenvalue weighted by molar-refractivity contribution is 5.38. The molecule has 98 valence electrons. The number of phenolic OH excluding ortho intramolecular Hbond substituents is 1. The standard InChI is InChI=1S/C16H23NO/c1-12(2)6-8-17-9-7-14-4-5-15(18)10-16(14)13(3)11-17/h4-6,10,13,18H,7-9,11H2,1-3H3. The van der Waals surface area contributed by atoms with Gasteiger partial charge in [-0.2, -0.15) is 0 Å². The zero-order chi connectivity index (χ0) is 13.1. The first-order valence-electron chi connectivity index (χ1n) is 6.74. The van der Waals surface area contributed by atoms with Gasteiger partial charge in [-0.15, -0.1) is 0 Å². The van der Waals surface area contributed by atoms with Crippen molar-refractivity contribution in [2.45, 2.75) is 33.1 Å². The van der Waals surface area contributed by atoms with E-state index in [4.69, 9.17) is 0 Å². The Morgan fingerprint density at radius 1 is 1.44 bits per heavy atom. The van der Waals surface area contributed by atoms with Gasteiger partial charge in [0.25, 0.3) is 0 Å². The number of aromatic hydroxyl groups is 1. The Kier molecular flexibility index (Phi) is 4.07. The number of phenols is 1. The fourth-order valence-corrected chi connectivity index (χ4v) is 2.60. The molecule has 18 heavy (non-hydrogen) atoms. The fourth-order valence-electron chi connectivity index (χ4n) is 2.60. The van der Waals surface area contributed by atoms with Gasteiger partial charge in [-0.3, -0.25) is 4.90 Å². The van der Waals surface area contributed by atoms with Crippen molar-refractivity contribution in [2.24, 2.45) is 0 Å². The van der Waals surface area contributed by atoms with Crippen LogP contribution < -0.4 is 0 Å². The van der Waals surface area contributed by atoms with Crippen molar-refractivity contribution in [2.75, 3.05) is 19.6 Å². The summed E-state index contributed by atoms with van der Waals surface area (Å²) in [4.78, 5) is 2.49. The van der Waals surface area contributed by atoms with Crippen LogP contribution in [0.2, 0.25) is 0 Å². The molecule has 1 unspecified atom stereocenters. The van der Waals surface area contributed by atoms with Gasteiger partial charge in [0.1, 0.15) is 5.75 Å². The average molecular weight is 245 g/mol. The third-order valence-corrected chi connectivity index (χ3v) is 3.65. The summed E-state index contributed by atoms with van der Waals surface area (Å²) in [6, 6.07) is 5.81. The van der Waals surface area contributed by atoms with Gasteiger partial charge >= 0.3 is 0 Å². The van der Waals surface area contributed by atoms with Crippen LogP contribution in [0.25, 0.3) is 0 Å². The molecule has 2 heteroatoms. The second kappa shape index (κ2) is 5.57. The second-order valence-electron chi connectivity index (χ2n) is 5.58. The van der Waals surface area contributed by atoms with Crippen molar-refractivity contribution in [3.05, 3.63) is 41.0 Å². The number of allylic oxidation sites excluding steroid dienone is 1. The molecule has 0 aliphatic carbocycles. The summed E-state index contributed by atoms with van der Waals surface area (Å²) in [6.07, 6.45) is 3.37. The lowest BCUT2D eigenvalue weighted by Gasteiger charge is -2.21. The predicted octanol–water partition coefficient (Wildman–Crippen LogP) is 3.32. The van der Waals surface area contributed by atoms with Gasteiger partial charge in [0, 0.05) is 19.6 Å². The molecule has 0 saturated carbocycles. The summed E-state index contributed by atoms with van der Waals surface area (Å²) in [7, 11) is 0. The molecule has 2 nitrogen and oxygen atoms in total. The quantitative estimate of drug-likeness (QED) is 0.808. The van der Waals surface area contributed by atoms with Crippen molar-refractivity contribution in [1.82, 2.24) is 4.90 Å². The molecule has 1 atom stereocenters. The normalized spacial score (nSPS) is 20.1. The molecule has 0 spiro atoms. The molecule has 1 heterocycles. The van der Waals surface area contributed by atoms with Gasteiger partial charge in [-0.1, -0.05) is 24.6 Å². The molecule has 1 aliphatic rings. The number of fused-ring (bicyclic) bond motifs is 1. The van der Waals surface area contributed by atoms with Gasteiger partial charge < -0.3 is 5.11 Å². The number of benzene rings is 1. The maximum Gasteiger partial charge on any atom is 0.115 e. The highest BCUT2D eigenvalue weighted by Gasteiger charge is 2.19. The van der Waals surface area contributed by atoms with Crippen LogP contribution in [-0.4, -0.2) is 29.6 Å². The van der Waals surface area contributed by atoms with Gasteiger partial charge in [0.15, 0.2) is 0 Å². The monoisotopic (exact) mass is 245 g/mol. The van der Waals surface area contributed by atoms with Crippen LogP contribution in [0.3, 0.4) is 0 Å². The lowest BCUT2D eigenvalue weighted by Crippen LogP contribution is -2.28. The van der Waals surface area contributed by atoms with Crippen LogP contribution in [0.4, 0.5) is 0 Å². The highest BCUT2D eigenvalue weighted by atomic mass is 16.3. The molecule has 2 rings (SSSR count). The second-order valence-corrected chi connectivity index (χ2v) is 5.58. The molecule has 1 aromatic rings. The minimum absolute atomic E-state index is 0.387.